The van der Waals surface area contributed by atoms with Crippen molar-refractivity contribution in [1.29, 1.82) is 0 Å². The standard InChI is InChI=1S/C25H44O5/c1-7-29-21(27)24(5,6)16-12-8-10-14-20(26)15-11-9-13-17-25(18-19-25)22(28)30-23(2,3)4/h7-19H2,1-6H3. The minimum atomic E-state index is -0.446. The molecule has 0 saturated heterocycles. The summed E-state index contributed by atoms with van der Waals surface area (Å²) in [6.45, 7) is 11.8. The third-order valence-corrected chi connectivity index (χ3v) is 5.88. The molecule has 0 heterocycles. The number of rotatable bonds is 15. The maximum atomic E-state index is 12.3. The fourth-order valence-corrected chi connectivity index (χ4v) is 3.68. The summed E-state index contributed by atoms with van der Waals surface area (Å²) in [5.74, 6) is 0.144. The highest BCUT2D eigenvalue weighted by molar-refractivity contribution is 5.80. The van der Waals surface area contributed by atoms with Crippen LogP contribution in [0.5, 0.6) is 0 Å². The molecule has 5 heteroatoms. The van der Waals surface area contributed by atoms with Gasteiger partial charge in [-0.2, -0.15) is 0 Å². The molecule has 30 heavy (non-hydrogen) atoms. The number of hydrogen-bond acceptors (Lipinski definition) is 5. The van der Waals surface area contributed by atoms with Crippen molar-refractivity contribution in [2.24, 2.45) is 10.8 Å². The van der Waals surface area contributed by atoms with Gasteiger partial charge in [0.25, 0.3) is 0 Å². The zero-order valence-electron chi connectivity index (χ0n) is 20.2. The lowest BCUT2D eigenvalue weighted by Crippen LogP contribution is -2.29. The maximum absolute atomic E-state index is 12.3. The SMILES string of the molecule is CCOC(=O)C(C)(C)CCCCCC(=O)CCCCCC1(C(=O)OC(C)(C)C)CC1. The molecule has 1 saturated carbocycles. The molecule has 0 bridgehead atoms. The van der Waals surface area contributed by atoms with Crippen LogP contribution in [0.4, 0.5) is 0 Å². The molecule has 0 spiro atoms. The van der Waals surface area contributed by atoms with Crippen LogP contribution in [0.3, 0.4) is 0 Å². The summed E-state index contributed by atoms with van der Waals surface area (Å²) in [7, 11) is 0. The summed E-state index contributed by atoms with van der Waals surface area (Å²) in [6.07, 6.45) is 10.5. The first-order chi connectivity index (χ1) is 13.9. The lowest BCUT2D eigenvalue weighted by molar-refractivity contribution is -0.162. The van der Waals surface area contributed by atoms with Gasteiger partial charge in [0.1, 0.15) is 11.4 Å². The summed E-state index contributed by atoms with van der Waals surface area (Å²) >= 11 is 0. The van der Waals surface area contributed by atoms with Crippen LogP contribution in [-0.4, -0.2) is 29.9 Å². The second kappa shape index (κ2) is 11.9. The number of esters is 2. The zero-order valence-corrected chi connectivity index (χ0v) is 20.2. The van der Waals surface area contributed by atoms with E-state index in [9.17, 15) is 14.4 Å². The Hall–Kier alpha value is -1.39. The molecule has 0 aromatic heterocycles. The lowest BCUT2D eigenvalue weighted by Gasteiger charge is -2.23. The highest BCUT2D eigenvalue weighted by Crippen LogP contribution is 2.51. The van der Waals surface area contributed by atoms with Crippen molar-refractivity contribution >= 4 is 17.7 Å². The van der Waals surface area contributed by atoms with Gasteiger partial charge in [-0.05, 0) is 80.1 Å². The Balaban J connectivity index is 2.08. The Labute approximate surface area is 183 Å². The molecule has 5 nitrogen and oxygen atoms in total. The summed E-state index contributed by atoms with van der Waals surface area (Å²) in [5.41, 5.74) is -1.11. The summed E-state index contributed by atoms with van der Waals surface area (Å²) in [4.78, 5) is 36.3. The van der Waals surface area contributed by atoms with Gasteiger partial charge in [-0.1, -0.05) is 25.7 Å². The Bertz CT molecular complexity index is 567. The highest BCUT2D eigenvalue weighted by atomic mass is 16.6. The van der Waals surface area contributed by atoms with Crippen molar-refractivity contribution in [1.82, 2.24) is 0 Å². The van der Waals surface area contributed by atoms with E-state index < -0.39 is 11.0 Å². The molecule has 1 aliphatic rings. The van der Waals surface area contributed by atoms with E-state index in [-0.39, 0.29) is 17.4 Å². The Morgan fingerprint density at radius 3 is 1.90 bits per heavy atom. The van der Waals surface area contributed by atoms with Crippen molar-refractivity contribution in [3.05, 3.63) is 0 Å². The van der Waals surface area contributed by atoms with Crippen molar-refractivity contribution in [3.63, 3.8) is 0 Å². The van der Waals surface area contributed by atoms with E-state index in [1.165, 1.54) is 0 Å². The fraction of sp³-hybridized carbons (Fsp3) is 0.880. The molecule has 0 unspecified atom stereocenters. The van der Waals surface area contributed by atoms with Gasteiger partial charge in [0.05, 0.1) is 17.4 Å². The molecule has 0 radical (unpaired) electrons. The average molecular weight is 425 g/mol. The van der Waals surface area contributed by atoms with Crippen LogP contribution in [0, 0.1) is 10.8 Å². The molecular formula is C25H44O5. The first-order valence-electron chi connectivity index (χ1n) is 11.8. The van der Waals surface area contributed by atoms with Gasteiger partial charge >= 0.3 is 11.9 Å². The first kappa shape index (κ1) is 26.6. The second-order valence-corrected chi connectivity index (χ2v) is 10.5. The van der Waals surface area contributed by atoms with Gasteiger partial charge in [0.2, 0.25) is 0 Å². The first-order valence-corrected chi connectivity index (χ1v) is 11.8. The summed E-state index contributed by atoms with van der Waals surface area (Å²) < 4.78 is 10.7. The Kier molecular flexibility index (Phi) is 10.5. The van der Waals surface area contributed by atoms with Gasteiger partial charge in [-0.3, -0.25) is 14.4 Å². The number of Topliss-reactive ketones (excluding diaryl/α,β-unsaturated/α-hetero) is 1. The van der Waals surface area contributed by atoms with E-state index >= 15 is 0 Å². The minimum absolute atomic E-state index is 0.0442. The lowest BCUT2D eigenvalue weighted by atomic mass is 9.87. The predicted octanol–water partition coefficient (Wildman–Crippen LogP) is 6.17. The number of hydrogen-bond donors (Lipinski definition) is 0. The molecule has 0 atom stereocenters. The molecule has 0 aromatic carbocycles. The smallest absolute Gasteiger partial charge is 0.312 e. The molecule has 0 N–H and O–H groups in total. The van der Waals surface area contributed by atoms with E-state index in [1.54, 1.807) is 0 Å². The van der Waals surface area contributed by atoms with E-state index in [0.717, 1.165) is 64.2 Å². The number of carbonyl (C=O) groups is 3. The van der Waals surface area contributed by atoms with Crippen molar-refractivity contribution in [2.75, 3.05) is 6.61 Å². The van der Waals surface area contributed by atoms with Gasteiger partial charge in [-0.25, -0.2) is 0 Å². The van der Waals surface area contributed by atoms with Crippen molar-refractivity contribution in [2.45, 2.75) is 124 Å². The van der Waals surface area contributed by atoms with E-state index in [4.69, 9.17) is 9.47 Å². The molecule has 0 amide bonds. The molecule has 0 aromatic rings. The summed E-state index contributed by atoms with van der Waals surface area (Å²) in [6, 6.07) is 0. The largest absolute Gasteiger partial charge is 0.466 e. The van der Waals surface area contributed by atoms with Gasteiger partial charge in [0.15, 0.2) is 0 Å². The normalized spacial score (nSPS) is 15.5. The van der Waals surface area contributed by atoms with E-state index in [1.807, 2.05) is 41.5 Å². The molecule has 174 valence electrons. The summed E-state index contributed by atoms with van der Waals surface area (Å²) in [5, 5.41) is 0. The number of carbonyl (C=O) groups excluding carboxylic acids is 3. The van der Waals surface area contributed by atoms with Crippen LogP contribution < -0.4 is 0 Å². The maximum Gasteiger partial charge on any atom is 0.312 e. The number of ketones is 1. The molecule has 1 aliphatic carbocycles. The van der Waals surface area contributed by atoms with E-state index in [0.29, 0.717) is 25.2 Å². The number of ether oxygens (including phenoxy) is 2. The van der Waals surface area contributed by atoms with Crippen LogP contribution in [0.15, 0.2) is 0 Å². The van der Waals surface area contributed by atoms with E-state index in [2.05, 4.69) is 0 Å². The number of unbranched alkanes of at least 4 members (excludes halogenated alkanes) is 4. The molecule has 0 aliphatic heterocycles. The molecular weight excluding hydrogens is 380 g/mol. The molecule has 1 rings (SSSR count). The van der Waals surface area contributed by atoms with Crippen LogP contribution in [0.25, 0.3) is 0 Å². The third-order valence-electron chi connectivity index (χ3n) is 5.88. The topological polar surface area (TPSA) is 69.7 Å². The Morgan fingerprint density at radius 2 is 1.40 bits per heavy atom. The monoisotopic (exact) mass is 424 g/mol. The van der Waals surface area contributed by atoms with Crippen LogP contribution in [0.1, 0.15) is 119 Å². The second-order valence-electron chi connectivity index (χ2n) is 10.5. The average Bonchev–Trinajstić information content (AvgIpc) is 3.41. The van der Waals surface area contributed by atoms with Gasteiger partial charge in [-0.15, -0.1) is 0 Å². The van der Waals surface area contributed by atoms with Gasteiger partial charge < -0.3 is 9.47 Å². The van der Waals surface area contributed by atoms with Crippen LogP contribution in [-0.2, 0) is 23.9 Å². The zero-order chi connectivity index (χ0) is 22.8. The highest BCUT2D eigenvalue weighted by Gasteiger charge is 2.51. The predicted molar refractivity (Wildman–Crippen MR) is 119 cm³/mol. The van der Waals surface area contributed by atoms with Gasteiger partial charge in [0, 0.05) is 12.8 Å². The third kappa shape index (κ3) is 10.1. The molecule has 1 fully saturated rings. The fourth-order valence-electron chi connectivity index (χ4n) is 3.68. The Morgan fingerprint density at radius 1 is 0.833 bits per heavy atom. The minimum Gasteiger partial charge on any atom is -0.466 e. The van der Waals surface area contributed by atoms with Crippen LogP contribution in [0.2, 0.25) is 0 Å². The van der Waals surface area contributed by atoms with Crippen molar-refractivity contribution < 1.29 is 23.9 Å². The van der Waals surface area contributed by atoms with Crippen molar-refractivity contribution in [3.8, 4) is 0 Å². The van der Waals surface area contributed by atoms with Crippen LogP contribution >= 0.6 is 0 Å². The quantitative estimate of drug-likeness (QED) is 0.232.